The van der Waals surface area contributed by atoms with Gasteiger partial charge in [0.1, 0.15) is 5.01 Å². The first-order chi connectivity index (χ1) is 9.81. The first-order valence-electron chi connectivity index (χ1n) is 7.84. The summed E-state index contributed by atoms with van der Waals surface area (Å²) in [5, 5.41) is 4.02. The lowest BCUT2D eigenvalue weighted by molar-refractivity contribution is -0.128. The van der Waals surface area contributed by atoms with Gasteiger partial charge in [-0.3, -0.25) is 4.79 Å². The van der Waals surface area contributed by atoms with Gasteiger partial charge >= 0.3 is 0 Å². The molecule has 1 saturated carbocycles. The molecule has 1 amide bonds. The Bertz CT molecular complexity index is 513. The van der Waals surface area contributed by atoms with Crippen LogP contribution in [0.25, 0.3) is 0 Å². The smallest absolute Gasteiger partial charge is 0.225 e. The summed E-state index contributed by atoms with van der Waals surface area (Å²) in [5.74, 6) is 0.437. The van der Waals surface area contributed by atoms with Gasteiger partial charge in [0.2, 0.25) is 5.91 Å². The van der Waals surface area contributed by atoms with Crippen LogP contribution in [-0.4, -0.2) is 16.4 Å². The Morgan fingerprint density at radius 1 is 1.50 bits per heavy atom. The predicted octanol–water partition coefficient (Wildman–Crippen LogP) is 3.52. The van der Waals surface area contributed by atoms with Crippen LogP contribution in [0.3, 0.4) is 0 Å². The normalized spacial score (nSPS) is 24.9. The van der Waals surface area contributed by atoms with E-state index in [4.69, 9.17) is 5.73 Å². The molecule has 1 aromatic heterocycles. The molecular formula is C16H28ClN3OS. The number of hydrogen-bond donors (Lipinski definition) is 2. The minimum absolute atomic E-state index is 0. The quantitative estimate of drug-likeness (QED) is 0.877. The highest BCUT2D eigenvalue weighted by atomic mass is 35.5. The van der Waals surface area contributed by atoms with Gasteiger partial charge in [-0.1, -0.05) is 26.7 Å². The van der Waals surface area contributed by atoms with E-state index in [9.17, 15) is 4.79 Å². The number of nitrogens with zero attached hydrogens (tertiary/aromatic N) is 1. The van der Waals surface area contributed by atoms with Crippen LogP contribution in [-0.2, 0) is 11.3 Å². The monoisotopic (exact) mass is 345 g/mol. The molecule has 1 aliphatic carbocycles. The van der Waals surface area contributed by atoms with E-state index in [1.54, 1.807) is 11.3 Å². The van der Waals surface area contributed by atoms with Gasteiger partial charge < -0.3 is 11.1 Å². The maximum atomic E-state index is 12.4. The van der Waals surface area contributed by atoms with Crippen molar-refractivity contribution in [1.29, 1.82) is 0 Å². The largest absolute Gasteiger partial charge is 0.349 e. The molecule has 0 radical (unpaired) electrons. The minimum Gasteiger partial charge on any atom is -0.349 e. The Morgan fingerprint density at radius 3 is 2.73 bits per heavy atom. The Labute approximate surface area is 143 Å². The molecule has 0 aromatic carbocycles. The predicted molar refractivity (Wildman–Crippen MR) is 94.6 cm³/mol. The molecular weight excluding hydrogens is 318 g/mol. The minimum atomic E-state index is -0.371. The fourth-order valence-corrected chi connectivity index (χ4v) is 4.18. The maximum Gasteiger partial charge on any atom is 0.225 e. The lowest BCUT2D eigenvalue weighted by Gasteiger charge is -2.37. The standard InChI is InChI=1S/C16H27N3OS.ClH/c1-10(2)14-11(3)21-13(19-14)9-18-15(20)12-7-5-6-8-16(12,4)17;/h10,12H,5-9,17H2,1-4H3,(H,18,20);1H. The van der Waals surface area contributed by atoms with E-state index in [0.717, 1.165) is 36.4 Å². The number of halogens is 1. The zero-order valence-electron chi connectivity index (χ0n) is 13.9. The highest BCUT2D eigenvalue weighted by molar-refractivity contribution is 7.11. The van der Waals surface area contributed by atoms with Gasteiger partial charge in [0.25, 0.3) is 0 Å². The summed E-state index contributed by atoms with van der Waals surface area (Å²) in [6, 6.07) is 0. The second kappa shape index (κ2) is 7.75. The van der Waals surface area contributed by atoms with Crippen LogP contribution in [0.4, 0.5) is 0 Å². The number of nitrogens with one attached hydrogen (secondary N) is 1. The van der Waals surface area contributed by atoms with Gasteiger partial charge in [0.15, 0.2) is 0 Å². The molecule has 1 fully saturated rings. The van der Waals surface area contributed by atoms with Gasteiger partial charge in [0, 0.05) is 10.4 Å². The van der Waals surface area contributed by atoms with Crippen molar-refractivity contribution in [3.63, 3.8) is 0 Å². The number of rotatable bonds is 4. The number of hydrogen-bond acceptors (Lipinski definition) is 4. The number of amides is 1. The van der Waals surface area contributed by atoms with Crippen molar-refractivity contribution in [1.82, 2.24) is 10.3 Å². The van der Waals surface area contributed by atoms with Crippen molar-refractivity contribution >= 4 is 29.7 Å². The summed E-state index contributed by atoms with van der Waals surface area (Å²) in [6.07, 6.45) is 4.05. The summed E-state index contributed by atoms with van der Waals surface area (Å²) in [7, 11) is 0. The highest BCUT2D eigenvalue weighted by Gasteiger charge is 2.37. The molecule has 1 aromatic rings. The van der Waals surface area contributed by atoms with E-state index < -0.39 is 0 Å². The topological polar surface area (TPSA) is 68.0 Å². The number of aryl methyl sites for hydroxylation is 1. The third-order valence-electron chi connectivity index (χ3n) is 4.41. The summed E-state index contributed by atoms with van der Waals surface area (Å²) in [6.45, 7) is 8.90. The summed E-state index contributed by atoms with van der Waals surface area (Å²) >= 11 is 1.67. The van der Waals surface area contributed by atoms with Crippen molar-refractivity contribution in [3.8, 4) is 0 Å². The third kappa shape index (κ3) is 4.43. The average Bonchev–Trinajstić information content (AvgIpc) is 2.77. The molecule has 0 spiro atoms. The van der Waals surface area contributed by atoms with Gasteiger partial charge in [-0.2, -0.15) is 0 Å². The Balaban J connectivity index is 0.00000242. The molecule has 4 nitrogen and oxygen atoms in total. The first-order valence-corrected chi connectivity index (χ1v) is 8.65. The second-order valence-corrected chi connectivity index (χ2v) is 8.01. The van der Waals surface area contributed by atoms with Crippen LogP contribution in [0.2, 0.25) is 0 Å². The number of nitrogens with two attached hydrogens (primary N) is 1. The number of carbonyl (C=O) groups is 1. The van der Waals surface area contributed by atoms with Crippen LogP contribution in [0.5, 0.6) is 0 Å². The van der Waals surface area contributed by atoms with Crippen LogP contribution in [0.15, 0.2) is 0 Å². The average molecular weight is 346 g/mol. The van der Waals surface area contributed by atoms with E-state index in [-0.39, 0.29) is 29.8 Å². The van der Waals surface area contributed by atoms with Crippen molar-refractivity contribution in [2.45, 2.75) is 71.4 Å². The van der Waals surface area contributed by atoms with Gasteiger partial charge in [0.05, 0.1) is 18.2 Å². The van der Waals surface area contributed by atoms with Crippen molar-refractivity contribution in [2.24, 2.45) is 11.7 Å². The van der Waals surface area contributed by atoms with Crippen molar-refractivity contribution < 1.29 is 4.79 Å². The zero-order chi connectivity index (χ0) is 15.6. The van der Waals surface area contributed by atoms with E-state index >= 15 is 0 Å². The molecule has 2 atom stereocenters. The molecule has 0 aliphatic heterocycles. The molecule has 1 aliphatic rings. The Morgan fingerprint density at radius 2 is 2.18 bits per heavy atom. The van der Waals surface area contributed by atoms with Crippen LogP contribution >= 0.6 is 23.7 Å². The second-order valence-electron chi connectivity index (χ2n) is 6.73. The van der Waals surface area contributed by atoms with E-state index in [1.165, 1.54) is 4.88 Å². The molecule has 6 heteroatoms. The molecule has 3 N–H and O–H groups in total. The lowest BCUT2D eigenvalue weighted by atomic mass is 9.74. The van der Waals surface area contributed by atoms with Gasteiger partial charge in [-0.25, -0.2) is 4.98 Å². The number of carbonyl (C=O) groups excluding carboxylic acids is 1. The van der Waals surface area contributed by atoms with Crippen LogP contribution < -0.4 is 11.1 Å². The lowest BCUT2D eigenvalue weighted by Crippen LogP contribution is -2.52. The number of thiazole rings is 1. The highest BCUT2D eigenvalue weighted by Crippen LogP contribution is 2.32. The summed E-state index contributed by atoms with van der Waals surface area (Å²) in [4.78, 5) is 18.3. The van der Waals surface area contributed by atoms with Crippen LogP contribution in [0, 0.1) is 12.8 Å². The summed E-state index contributed by atoms with van der Waals surface area (Å²) in [5.41, 5.74) is 7.06. The molecule has 126 valence electrons. The molecule has 0 bridgehead atoms. The Hall–Kier alpha value is -0.650. The number of aromatic nitrogens is 1. The zero-order valence-corrected chi connectivity index (χ0v) is 15.6. The molecule has 2 rings (SSSR count). The fraction of sp³-hybridized carbons (Fsp3) is 0.750. The van der Waals surface area contributed by atoms with Crippen molar-refractivity contribution in [3.05, 3.63) is 15.6 Å². The Kier molecular flexibility index (Phi) is 6.84. The van der Waals surface area contributed by atoms with E-state index in [0.29, 0.717) is 12.5 Å². The van der Waals surface area contributed by atoms with Crippen molar-refractivity contribution in [2.75, 3.05) is 0 Å². The van der Waals surface area contributed by atoms with E-state index in [1.807, 2.05) is 6.92 Å². The molecule has 1 heterocycles. The summed E-state index contributed by atoms with van der Waals surface area (Å²) < 4.78 is 0. The van der Waals surface area contributed by atoms with Crippen LogP contribution in [0.1, 0.15) is 68.0 Å². The van der Waals surface area contributed by atoms with Gasteiger partial charge in [-0.05, 0) is 32.6 Å². The maximum absolute atomic E-state index is 12.4. The van der Waals surface area contributed by atoms with Gasteiger partial charge in [-0.15, -0.1) is 23.7 Å². The molecule has 22 heavy (non-hydrogen) atoms. The first kappa shape index (κ1) is 19.4. The SMILES string of the molecule is Cc1sc(CNC(=O)C2CCCCC2(C)N)nc1C(C)C.Cl. The fourth-order valence-electron chi connectivity index (χ4n) is 3.15. The van der Waals surface area contributed by atoms with E-state index in [2.05, 4.69) is 31.1 Å². The molecule has 2 unspecified atom stereocenters. The molecule has 0 saturated heterocycles. The third-order valence-corrected chi connectivity index (χ3v) is 5.39.